The molecular weight excluding hydrogens is 454 g/mol. The highest BCUT2D eigenvalue weighted by molar-refractivity contribution is 6.24. The van der Waals surface area contributed by atoms with Crippen LogP contribution in [-0.2, 0) is 9.59 Å². The highest BCUT2D eigenvalue weighted by Gasteiger charge is 2.64. The molecule has 1 amide bonds. The summed E-state index contributed by atoms with van der Waals surface area (Å²) in [5.41, 5.74) is 2.37. The van der Waals surface area contributed by atoms with Crippen LogP contribution in [0.3, 0.4) is 0 Å². The molecule has 0 saturated heterocycles. The maximum atomic E-state index is 13.7. The summed E-state index contributed by atoms with van der Waals surface area (Å²) in [6.45, 7) is 1.69. The van der Waals surface area contributed by atoms with E-state index in [0.29, 0.717) is 16.7 Å². The molecule has 0 saturated carbocycles. The van der Waals surface area contributed by atoms with Crippen molar-refractivity contribution in [2.45, 2.75) is 31.0 Å². The highest BCUT2D eigenvalue weighted by Crippen LogP contribution is 2.55. The molecule has 2 aromatic carbocycles. The normalized spacial score (nSPS) is 30.0. The van der Waals surface area contributed by atoms with Gasteiger partial charge in [-0.1, -0.05) is 49.4 Å². The number of carbonyl (C=O) groups excluding carboxylic acids is 3. The van der Waals surface area contributed by atoms with Gasteiger partial charge in [0.15, 0.2) is 11.4 Å². The molecule has 9 nitrogen and oxygen atoms in total. The predicted molar refractivity (Wildman–Crippen MR) is 122 cm³/mol. The fraction of sp³-hybridized carbons (Fsp3) is 0.269. The van der Waals surface area contributed by atoms with Crippen LogP contribution in [0.25, 0.3) is 11.1 Å². The second-order valence-corrected chi connectivity index (χ2v) is 9.28. The largest absolute Gasteiger partial charge is 0.511 e. The van der Waals surface area contributed by atoms with Gasteiger partial charge in [0.25, 0.3) is 5.91 Å². The van der Waals surface area contributed by atoms with E-state index in [4.69, 9.17) is 5.73 Å². The molecular formula is C26H23NO8. The van der Waals surface area contributed by atoms with Crippen LogP contribution in [0, 0.1) is 11.8 Å². The van der Waals surface area contributed by atoms with E-state index in [-0.39, 0.29) is 11.3 Å². The number of Topliss-reactive ketones (excluding diaryl/α,β-unsaturated/α-hetero) is 2. The lowest BCUT2D eigenvalue weighted by Crippen LogP contribution is -2.62. The van der Waals surface area contributed by atoms with Crippen molar-refractivity contribution in [3.8, 4) is 16.9 Å². The number of hydrogen-bond acceptors (Lipinski definition) is 8. The van der Waals surface area contributed by atoms with Gasteiger partial charge in [-0.3, -0.25) is 14.4 Å². The number of nitrogens with two attached hydrogens (primary N) is 1. The number of allylic oxidation sites excluding steroid dienone is 1. The summed E-state index contributed by atoms with van der Waals surface area (Å²) >= 11 is 0. The third kappa shape index (κ3) is 2.85. The van der Waals surface area contributed by atoms with Gasteiger partial charge in [-0.25, -0.2) is 0 Å². The molecule has 7 N–H and O–H groups in total. The number of amides is 1. The summed E-state index contributed by atoms with van der Waals surface area (Å²) in [4.78, 5) is 38.5. The van der Waals surface area contributed by atoms with Crippen molar-refractivity contribution in [2.24, 2.45) is 17.6 Å². The van der Waals surface area contributed by atoms with Gasteiger partial charge < -0.3 is 31.3 Å². The van der Waals surface area contributed by atoms with E-state index >= 15 is 0 Å². The number of ketones is 2. The molecule has 0 bridgehead atoms. The number of carbonyl (C=O) groups is 3. The zero-order valence-corrected chi connectivity index (χ0v) is 18.6. The molecule has 0 fully saturated rings. The quantitative estimate of drug-likeness (QED) is 0.354. The summed E-state index contributed by atoms with van der Waals surface area (Å²) in [5.74, 6) is -8.70. The lowest BCUT2D eigenvalue weighted by Gasteiger charge is -2.50. The van der Waals surface area contributed by atoms with Gasteiger partial charge >= 0.3 is 0 Å². The predicted octanol–water partition coefficient (Wildman–Crippen LogP) is 1.78. The second-order valence-electron chi connectivity index (χ2n) is 9.28. The third-order valence-electron chi connectivity index (χ3n) is 7.58. The second kappa shape index (κ2) is 7.53. The zero-order valence-electron chi connectivity index (χ0n) is 18.6. The van der Waals surface area contributed by atoms with E-state index in [0.717, 1.165) is 0 Å². The molecule has 0 radical (unpaired) electrons. The minimum absolute atomic E-state index is 0.109. The van der Waals surface area contributed by atoms with Crippen LogP contribution in [0.5, 0.6) is 5.75 Å². The fourth-order valence-electron chi connectivity index (χ4n) is 5.85. The first-order valence-electron chi connectivity index (χ1n) is 11.1. The van der Waals surface area contributed by atoms with Gasteiger partial charge in [-0.2, -0.15) is 0 Å². The number of fused-ring (bicyclic) bond motifs is 3. The van der Waals surface area contributed by atoms with Crippen molar-refractivity contribution in [1.82, 2.24) is 0 Å². The van der Waals surface area contributed by atoms with Crippen LogP contribution in [0.4, 0.5) is 0 Å². The van der Waals surface area contributed by atoms with Crippen LogP contribution < -0.4 is 5.73 Å². The Labute approximate surface area is 199 Å². The van der Waals surface area contributed by atoms with Crippen LogP contribution >= 0.6 is 0 Å². The summed E-state index contributed by atoms with van der Waals surface area (Å²) < 4.78 is 0. The average molecular weight is 477 g/mol. The molecule has 0 heterocycles. The Morgan fingerprint density at radius 3 is 2.34 bits per heavy atom. The van der Waals surface area contributed by atoms with Gasteiger partial charge in [0.05, 0.1) is 11.7 Å². The molecule has 5 atom stereocenters. The van der Waals surface area contributed by atoms with E-state index in [9.17, 15) is 39.9 Å². The molecule has 35 heavy (non-hydrogen) atoms. The maximum absolute atomic E-state index is 13.7. The number of aliphatic hydroxyl groups is 4. The molecule has 0 unspecified atom stereocenters. The Hall–Kier alpha value is -3.95. The van der Waals surface area contributed by atoms with Crippen LogP contribution in [0.1, 0.15) is 35.2 Å². The van der Waals surface area contributed by atoms with E-state index in [1.165, 1.54) is 0 Å². The van der Waals surface area contributed by atoms with Crippen LogP contribution in [0.15, 0.2) is 65.1 Å². The SMILES string of the molecule is C[C@H]1c2ccc(-c3ccccc3)c(O)c2C(=O)C2=C(O)[C@]3(O)C(=O)C(C(N)=O)=C(O)C[C@@H]3[C@@H](O)[C@@H]21. The van der Waals surface area contributed by atoms with E-state index in [2.05, 4.69) is 0 Å². The standard InChI is InChI=1S/C26H23NO8/c1-10-12-7-8-13(11-5-3-2-4-6-11)20(29)17(12)22(31)19-16(10)21(30)14-9-15(28)18(25(27)34)23(32)26(14,35)24(19)33/h2-8,10,14,16,21,28-30,33,35H,9H2,1H3,(H2,27,34)/t10-,14+,16+,21+,26+/m0/s1. The highest BCUT2D eigenvalue weighted by atomic mass is 16.4. The van der Waals surface area contributed by atoms with Crippen LogP contribution in [-0.4, -0.2) is 54.7 Å². The van der Waals surface area contributed by atoms with Gasteiger partial charge in [-0.15, -0.1) is 0 Å². The molecule has 5 rings (SSSR count). The maximum Gasteiger partial charge on any atom is 0.255 e. The van der Waals surface area contributed by atoms with E-state index in [1.807, 2.05) is 0 Å². The summed E-state index contributed by atoms with van der Waals surface area (Å²) in [6, 6.07) is 12.2. The minimum Gasteiger partial charge on any atom is -0.511 e. The van der Waals surface area contributed by atoms with Gasteiger partial charge in [0.2, 0.25) is 5.78 Å². The first kappa shape index (κ1) is 22.8. The first-order chi connectivity index (χ1) is 16.5. The van der Waals surface area contributed by atoms with Crippen molar-refractivity contribution in [1.29, 1.82) is 0 Å². The minimum atomic E-state index is -2.85. The fourth-order valence-corrected chi connectivity index (χ4v) is 5.85. The third-order valence-corrected chi connectivity index (χ3v) is 7.58. The average Bonchev–Trinajstić information content (AvgIpc) is 2.82. The molecule has 2 aromatic rings. The number of phenolic OH excluding ortho intramolecular Hbond substituents is 1. The number of aliphatic hydroxyl groups excluding tert-OH is 3. The lowest BCUT2D eigenvalue weighted by atomic mass is 9.56. The molecule has 0 spiro atoms. The van der Waals surface area contributed by atoms with Gasteiger partial charge in [0.1, 0.15) is 22.8 Å². The Balaban J connectivity index is 1.74. The first-order valence-corrected chi connectivity index (χ1v) is 11.1. The van der Waals surface area contributed by atoms with Crippen molar-refractivity contribution in [2.75, 3.05) is 0 Å². The van der Waals surface area contributed by atoms with Crippen molar-refractivity contribution >= 4 is 17.5 Å². The molecule has 180 valence electrons. The summed E-state index contributed by atoms with van der Waals surface area (Å²) in [6.07, 6.45) is -2.06. The molecule has 3 aliphatic carbocycles. The Bertz CT molecular complexity index is 1380. The zero-order chi connectivity index (χ0) is 25.4. The number of aromatic hydroxyl groups is 1. The van der Waals surface area contributed by atoms with Gasteiger partial charge in [-0.05, 0) is 17.0 Å². The van der Waals surface area contributed by atoms with E-state index < -0.39 is 76.0 Å². The number of primary amides is 1. The van der Waals surface area contributed by atoms with Crippen molar-refractivity contribution in [3.05, 3.63) is 76.3 Å². The number of hydrogen-bond donors (Lipinski definition) is 6. The molecule has 0 aromatic heterocycles. The molecule has 3 aliphatic rings. The number of phenols is 1. The Morgan fingerprint density at radius 1 is 1.06 bits per heavy atom. The number of rotatable bonds is 2. The summed E-state index contributed by atoms with van der Waals surface area (Å²) in [5, 5.41) is 55.1. The monoisotopic (exact) mass is 477 g/mol. The van der Waals surface area contributed by atoms with Crippen molar-refractivity contribution in [3.63, 3.8) is 0 Å². The molecule has 9 heteroatoms. The Morgan fingerprint density at radius 2 is 1.71 bits per heavy atom. The van der Waals surface area contributed by atoms with Crippen molar-refractivity contribution < 1.29 is 39.9 Å². The summed E-state index contributed by atoms with van der Waals surface area (Å²) in [7, 11) is 0. The van der Waals surface area contributed by atoms with E-state index in [1.54, 1.807) is 49.4 Å². The number of benzene rings is 2. The Kier molecular flexibility index (Phi) is 4.91. The topological polar surface area (TPSA) is 178 Å². The molecule has 0 aliphatic heterocycles. The lowest BCUT2D eigenvalue weighted by molar-refractivity contribution is -0.154. The smallest absolute Gasteiger partial charge is 0.255 e. The van der Waals surface area contributed by atoms with Gasteiger partial charge in [0, 0.05) is 29.4 Å². The van der Waals surface area contributed by atoms with Crippen LogP contribution in [0.2, 0.25) is 0 Å².